The van der Waals surface area contributed by atoms with E-state index in [1.807, 2.05) is 35.0 Å². The van der Waals surface area contributed by atoms with Gasteiger partial charge in [0.15, 0.2) is 6.61 Å². The van der Waals surface area contributed by atoms with Gasteiger partial charge in [-0.25, -0.2) is 9.78 Å². The molecule has 1 aliphatic carbocycles. The Labute approximate surface area is 191 Å². The summed E-state index contributed by atoms with van der Waals surface area (Å²) in [4.78, 5) is 15.5. The van der Waals surface area contributed by atoms with Crippen molar-refractivity contribution in [2.24, 2.45) is 5.92 Å². The first-order chi connectivity index (χ1) is 15.7. The minimum absolute atomic E-state index is 0.0111. The molecule has 6 nitrogen and oxygen atoms in total. The number of nitrogens with zero attached hydrogens (tertiary/aromatic N) is 2. The zero-order valence-electron chi connectivity index (χ0n) is 17.1. The Kier molecular flexibility index (Phi) is 6.33. The second-order valence-corrected chi connectivity index (χ2v) is 8.03. The van der Waals surface area contributed by atoms with Crippen LogP contribution in [0.15, 0.2) is 66.7 Å². The fourth-order valence-electron chi connectivity index (χ4n) is 3.63. The van der Waals surface area contributed by atoms with Crippen LogP contribution in [-0.4, -0.2) is 33.4 Å². The van der Waals surface area contributed by atoms with Crippen LogP contribution in [0.3, 0.4) is 0 Å². The molecule has 10 heteroatoms. The monoisotopic (exact) mass is 477 g/mol. The second-order valence-electron chi connectivity index (χ2n) is 7.59. The summed E-state index contributed by atoms with van der Waals surface area (Å²) in [5, 5.41) is 13.5. The van der Waals surface area contributed by atoms with Crippen LogP contribution in [0.2, 0.25) is 5.02 Å². The molecule has 0 fully saturated rings. The van der Waals surface area contributed by atoms with E-state index in [-0.39, 0.29) is 28.1 Å². The summed E-state index contributed by atoms with van der Waals surface area (Å²) >= 11 is 5.85. The molecule has 0 aliphatic heterocycles. The maximum absolute atomic E-state index is 12.4. The number of ether oxygens (including phenoxy) is 1. The number of carboxylic acids is 1. The fourth-order valence-corrected chi connectivity index (χ4v) is 3.79. The number of nitrogens with one attached hydrogen (secondary N) is 1. The lowest BCUT2D eigenvalue weighted by atomic mass is 10.00. The van der Waals surface area contributed by atoms with Crippen molar-refractivity contribution in [2.45, 2.75) is 19.1 Å². The number of hydrogen-bond acceptors (Lipinski definition) is 4. The van der Waals surface area contributed by atoms with Crippen LogP contribution in [0, 0.1) is 5.92 Å². The molecular weight excluding hydrogens is 459 g/mol. The molecule has 0 radical (unpaired) electrons. The zero-order chi connectivity index (χ0) is 23.6. The van der Waals surface area contributed by atoms with Crippen molar-refractivity contribution in [1.82, 2.24) is 9.55 Å². The van der Waals surface area contributed by atoms with E-state index in [4.69, 9.17) is 16.3 Å². The minimum atomic E-state index is -4.38. The van der Waals surface area contributed by atoms with Crippen LogP contribution in [0.5, 0.6) is 0 Å². The third-order valence-corrected chi connectivity index (χ3v) is 5.28. The Morgan fingerprint density at radius 3 is 2.88 bits per heavy atom. The highest BCUT2D eigenvalue weighted by atomic mass is 35.5. The quantitative estimate of drug-likeness (QED) is 0.425. The SMILES string of the molecule is O=C(O)c1cc(Cl)cnc1Nc1ccc2c(ccn2CC2C=C(OCC(F)(F)F)C=CC2)c1. The Morgan fingerprint density at radius 2 is 2.12 bits per heavy atom. The lowest BCUT2D eigenvalue weighted by Crippen LogP contribution is -2.18. The van der Waals surface area contributed by atoms with Crippen LogP contribution >= 0.6 is 11.6 Å². The van der Waals surface area contributed by atoms with E-state index in [1.54, 1.807) is 18.2 Å². The normalized spacial score (nSPS) is 16.0. The maximum atomic E-state index is 12.4. The summed E-state index contributed by atoms with van der Waals surface area (Å²) in [6.45, 7) is -0.744. The van der Waals surface area contributed by atoms with E-state index in [9.17, 15) is 23.1 Å². The van der Waals surface area contributed by atoms with Gasteiger partial charge < -0.3 is 19.7 Å². The molecule has 1 atom stereocenters. The van der Waals surface area contributed by atoms with Gasteiger partial charge in [0, 0.05) is 41.4 Å². The summed E-state index contributed by atoms with van der Waals surface area (Å²) in [5.74, 6) is -0.761. The van der Waals surface area contributed by atoms with Crippen molar-refractivity contribution in [2.75, 3.05) is 11.9 Å². The summed E-state index contributed by atoms with van der Waals surface area (Å²) in [5.41, 5.74) is 1.55. The summed E-state index contributed by atoms with van der Waals surface area (Å²) in [6.07, 6.45) is 4.67. The molecule has 3 aromatic rings. The van der Waals surface area contributed by atoms with Crippen molar-refractivity contribution in [3.8, 4) is 0 Å². The molecule has 0 bridgehead atoms. The molecule has 33 heavy (non-hydrogen) atoms. The van der Waals surface area contributed by atoms with Crippen LogP contribution in [0.1, 0.15) is 16.8 Å². The number of rotatable bonds is 7. The average Bonchev–Trinajstić information content (AvgIpc) is 3.15. The number of carboxylic acid groups (broad SMARTS) is 1. The average molecular weight is 478 g/mol. The molecule has 2 aromatic heterocycles. The van der Waals surface area contributed by atoms with E-state index in [0.717, 1.165) is 10.9 Å². The standard InChI is InChI=1S/C23H19ClF3N3O3/c24-16-10-19(22(31)32)21(28-11-16)29-17-4-5-20-15(9-17)6-7-30(20)12-14-2-1-3-18(8-14)33-13-23(25,26)27/h1,3-11,14H,2,12-13H2,(H,28,29)(H,31,32). The van der Waals surface area contributed by atoms with Crippen molar-refractivity contribution in [3.63, 3.8) is 0 Å². The van der Waals surface area contributed by atoms with Gasteiger partial charge in [-0.15, -0.1) is 0 Å². The summed E-state index contributed by atoms with van der Waals surface area (Å²) < 4.78 is 44.1. The largest absolute Gasteiger partial charge is 0.484 e. The van der Waals surface area contributed by atoms with E-state index >= 15 is 0 Å². The van der Waals surface area contributed by atoms with Crippen LogP contribution < -0.4 is 5.32 Å². The van der Waals surface area contributed by atoms with Crippen LogP contribution in [0.4, 0.5) is 24.7 Å². The Bertz CT molecular complexity index is 1250. The Balaban J connectivity index is 1.49. The van der Waals surface area contributed by atoms with Crippen molar-refractivity contribution in [1.29, 1.82) is 0 Å². The lowest BCUT2D eigenvalue weighted by Gasteiger charge is -2.19. The third-order valence-electron chi connectivity index (χ3n) is 5.07. The van der Waals surface area contributed by atoms with Crippen molar-refractivity contribution in [3.05, 3.63) is 77.3 Å². The van der Waals surface area contributed by atoms with Crippen LogP contribution in [-0.2, 0) is 11.3 Å². The first-order valence-electron chi connectivity index (χ1n) is 10.0. The van der Waals surface area contributed by atoms with Gasteiger partial charge in [0.1, 0.15) is 17.1 Å². The summed E-state index contributed by atoms with van der Waals surface area (Å²) in [6, 6.07) is 8.79. The highest BCUT2D eigenvalue weighted by Crippen LogP contribution is 2.28. The molecule has 0 amide bonds. The van der Waals surface area contributed by atoms with Gasteiger partial charge in [0.2, 0.25) is 0 Å². The fraction of sp³-hybridized carbons (Fsp3) is 0.217. The van der Waals surface area contributed by atoms with E-state index in [2.05, 4.69) is 10.3 Å². The van der Waals surface area contributed by atoms with E-state index in [0.29, 0.717) is 18.7 Å². The number of aromatic nitrogens is 2. The number of alkyl halides is 3. The molecule has 1 unspecified atom stereocenters. The number of anilines is 2. The highest BCUT2D eigenvalue weighted by molar-refractivity contribution is 6.30. The number of carbonyl (C=O) groups is 1. The number of benzene rings is 1. The molecule has 0 saturated heterocycles. The number of pyridine rings is 1. The smallest absolute Gasteiger partial charge is 0.422 e. The topological polar surface area (TPSA) is 76.4 Å². The number of fused-ring (bicyclic) bond motifs is 1. The van der Waals surface area contributed by atoms with E-state index in [1.165, 1.54) is 12.3 Å². The van der Waals surface area contributed by atoms with Gasteiger partial charge in [0.25, 0.3) is 0 Å². The Morgan fingerprint density at radius 1 is 1.30 bits per heavy atom. The number of aromatic carboxylic acids is 1. The van der Waals surface area contributed by atoms with Gasteiger partial charge in [-0.1, -0.05) is 17.7 Å². The Hall–Kier alpha value is -3.46. The predicted octanol–water partition coefficient (Wildman–Crippen LogP) is 6.17. The first kappa shape index (κ1) is 22.7. The highest BCUT2D eigenvalue weighted by Gasteiger charge is 2.29. The van der Waals surface area contributed by atoms with Gasteiger partial charge >= 0.3 is 12.1 Å². The number of halogens is 4. The van der Waals surface area contributed by atoms with Crippen molar-refractivity contribution < 1.29 is 27.8 Å². The molecule has 4 rings (SSSR count). The molecule has 2 N–H and O–H groups in total. The molecule has 1 aromatic carbocycles. The predicted molar refractivity (Wildman–Crippen MR) is 119 cm³/mol. The molecular formula is C23H19ClF3N3O3. The third kappa shape index (κ3) is 5.67. The van der Waals surface area contributed by atoms with Gasteiger partial charge in [-0.3, -0.25) is 0 Å². The van der Waals surface area contributed by atoms with Gasteiger partial charge in [-0.05, 0) is 48.9 Å². The summed E-state index contributed by atoms with van der Waals surface area (Å²) in [7, 11) is 0. The lowest BCUT2D eigenvalue weighted by molar-refractivity contribution is -0.164. The maximum Gasteiger partial charge on any atom is 0.422 e. The molecule has 1 aliphatic rings. The van der Waals surface area contributed by atoms with E-state index < -0.39 is 18.8 Å². The first-order valence-corrected chi connectivity index (χ1v) is 10.4. The zero-order valence-corrected chi connectivity index (χ0v) is 17.9. The molecule has 0 spiro atoms. The minimum Gasteiger partial charge on any atom is -0.484 e. The van der Waals surface area contributed by atoms with Crippen molar-refractivity contribution >= 4 is 40.0 Å². The second kappa shape index (κ2) is 9.19. The van der Waals surface area contributed by atoms with Gasteiger partial charge in [-0.2, -0.15) is 13.2 Å². The number of hydrogen-bond donors (Lipinski definition) is 2. The molecule has 0 saturated carbocycles. The van der Waals surface area contributed by atoms with Gasteiger partial charge in [0.05, 0.1) is 5.02 Å². The van der Waals surface area contributed by atoms with Crippen LogP contribution in [0.25, 0.3) is 10.9 Å². The molecule has 2 heterocycles. The molecule has 172 valence electrons. The number of allylic oxidation sites excluding steroid dienone is 3.